The molecule has 6 nitrogen and oxygen atoms in total. The van der Waals surface area contributed by atoms with E-state index in [1.807, 2.05) is 38.1 Å². The lowest BCUT2D eigenvalue weighted by Gasteiger charge is -2.05. The summed E-state index contributed by atoms with van der Waals surface area (Å²) in [6.07, 6.45) is 0. The number of benzene rings is 1. The van der Waals surface area contributed by atoms with Gasteiger partial charge in [-0.25, -0.2) is 4.98 Å². The predicted octanol–water partition coefficient (Wildman–Crippen LogP) is 3.10. The molecule has 0 unspecified atom stereocenters. The Morgan fingerprint density at radius 3 is 2.71 bits per heavy atom. The standard InChI is InChI=1S/C17H14N4O2S/c1-3-23-12-7-5-11(6-8-12)21-17(22)15-14(19-20-21)13-9-4-10(2)18-16(13)24-15/h4-9H,3H2,1-2H3. The fourth-order valence-electron chi connectivity index (χ4n) is 2.55. The van der Waals surface area contributed by atoms with Crippen LogP contribution in [0.1, 0.15) is 12.6 Å². The second-order valence-electron chi connectivity index (χ2n) is 5.32. The fourth-order valence-corrected chi connectivity index (χ4v) is 3.63. The highest BCUT2D eigenvalue weighted by Gasteiger charge is 2.14. The average molecular weight is 338 g/mol. The molecule has 0 bridgehead atoms. The van der Waals surface area contributed by atoms with Gasteiger partial charge in [0.25, 0.3) is 5.56 Å². The summed E-state index contributed by atoms with van der Waals surface area (Å²) in [6.45, 7) is 4.45. The molecule has 0 aliphatic carbocycles. The van der Waals surface area contributed by atoms with Crippen molar-refractivity contribution in [2.24, 2.45) is 0 Å². The van der Waals surface area contributed by atoms with Crippen LogP contribution in [-0.4, -0.2) is 26.6 Å². The molecule has 4 aromatic rings. The molecule has 0 saturated heterocycles. The number of aromatic nitrogens is 4. The molecule has 0 atom stereocenters. The lowest BCUT2D eigenvalue weighted by Crippen LogP contribution is -2.21. The lowest BCUT2D eigenvalue weighted by molar-refractivity contribution is 0.340. The van der Waals surface area contributed by atoms with Crippen LogP contribution in [0, 0.1) is 6.92 Å². The maximum Gasteiger partial charge on any atom is 0.292 e. The normalized spacial score (nSPS) is 11.2. The zero-order valence-electron chi connectivity index (χ0n) is 13.2. The molecule has 0 spiro atoms. The monoisotopic (exact) mass is 338 g/mol. The first-order chi connectivity index (χ1) is 11.7. The number of hydrogen-bond donors (Lipinski definition) is 0. The van der Waals surface area contributed by atoms with Crippen LogP contribution >= 0.6 is 11.3 Å². The maximum atomic E-state index is 12.8. The minimum Gasteiger partial charge on any atom is -0.494 e. The molecule has 4 rings (SSSR count). The Labute approximate surface area is 141 Å². The summed E-state index contributed by atoms with van der Waals surface area (Å²) in [6, 6.07) is 11.1. The highest BCUT2D eigenvalue weighted by molar-refractivity contribution is 7.25. The number of thiophene rings is 1. The molecule has 3 heterocycles. The number of pyridine rings is 1. The highest BCUT2D eigenvalue weighted by Crippen LogP contribution is 2.28. The van der Waals surface area contributed by atoms with Crippen LogP contribution in [0.2, 0.25) is 0 Å². The smallest absolute Gasteiger partial charge is 0.292 e. The van der Waals surface area contributed by atoms with Crippen LogP contribution in [0.3, 0.4) is 0 Å². The lowest BCUT2D eigenvalue weighted by atomic mass is 10.3. The van der Waals surface area contributed by atoms with Gasteiger partial charge in [0.05, 0.1) is 12.3 Å². The van der Waals surface area contributed by atoms with E-state index in [-0.39, 0.29) is 5.56 Å². The van der Waals surface area contributed by atoms with Crippen LogP contribution in [0.25, 0.3) is 26.1 Å². The third-order valence-corrected chi connectivity index (χ3v) is 4.76. The van der Waals surface area contributed by atoms with Gasteiger partial charge in [0.2, 0.25) is 0 Å². The van der Waals surface area contributed by atoms with Crippen molar-refractivity contribution in [2.75, 3.05) is 6.61 Å². The Morgan fingerprint density at radius 1 is 1.17 bits per heavy atom. The molecule has 7 heteroatoms. The van der Waals surface area contributed by atoms with E-state index >= 15 is 0 Å². The topological polar surface area (TPSA) is 69.9 Å². The number of fused-ring (bicyclic) bond motifs is 3. The van der Waals surface area contributed by atoms with Crippen molar-refractivity contribution in [2.45, 2.75) is 13.8 Å². The molecule has 1 aromatic carbocycles. The van der Waals surface area contributed by atoms with E-state index in [2.05, 4.69) is 15.3 Å². The van der Waals surface area contributed by atoms with Gasteiger partial charge >= 0.3 is 0 Å². The van der Waals surface area contributed by atoms with E-state index in [0.717, 1.165) is 21.7 Å². The number of rotatable bonds is 3. The summed E-state index contributed by atoms with van der Waals surface area (Å²) in [4.78, 5) is 18.1. The minimum absolute atomic E-state index is 0.190. The molecule has 24 heavy (non-hydrogen) atoms. The van der Waals surface area contributed by atoms with Crippen molar-refractivity contribution in [1.29, 1.82) is 0 Å². The largest absolute Gasteiger partial charge is 0.494 e. The molecule has 0 aliphatic heterocycles. The van der Waals surface area contributed by atoms with Gasteiger partial charge in [0.15, 0.2) is 0 Å². The quantitative estimate of drug-likeness (QED) is 0.574. The van der Waals surface area contributed by atoms with Crippen LogP contribution in [0.15, 0.2) is 41.2 Å². The van der Waals surface area contributed by atoms with Gasteiger partial charge in [-0.3, -0.25) is 4.79 Å². The van der Waals surface area contributed by atoms with Crippen molar-refractivity contribution < 1.29 is 4.74 Å². The summed E-state index contributed by atoms with van der Waals surface area (Å²) in [5.41, 5.74) is 1.98. The molecule has 3 aromatic heterocycles. The molecule has 0 N–H and O–H groups in total. The summed E-state index contributed by atoms with van der Waals surface area (Å²) in [7, 11) is 0. The molecule has 0 fully saturated rings. The zero-order chi connectivity index (χ0) is 16.7. The zero-order valence-corrected chi connectivity index (χ0v) is 14.0. The first-order valence-electron chi connectivity index (χ1n) is 7.56. The van der Waals surface area contributed by atoms with Crippen LogP contribution < -0.4 is 10.3 Å². The van der Waals surface area contributed by atoms with Crippen LogP contribution in [-0.2, 0) is 0 Å². The number of nitrogens with zero attached hydrogens (tertiary/aromatic N) is 4. The van der Waals surface area contributed by atoms with E-state index in [9.17, 15) is 4.79 Å². The van der Waals surface area contributed by atoms with Crippen LogP contribution in [0.4, 0.5) is 0 Å². The first-order valence-corrected chi connectivity index (χ1v) is 8.38. The highest BCUT2D eigenvalue weighted by atomic mass is 32.1. The van der Waals surface area contributed by atoms with Gasteiger partial charge in [-0.05, 0) is 50.2 Å². The first kappa shape index (κ1) is 14.8. The van der Waals surface area contributed by atoms with Crippen molar-refractivity contribution in [3.63, 3.8) is 0 Å². The fraction of sp³-hybridized carbons (Fsp3) is 0.176. The second kappa shape index (κ2) is 5.68. The minimum atomic E-state index is -0.190. The average Bonchev–Trinajstić information content (AvgIpc) is 2.95. The van der Waals surface area contributed by atoms with Crippen molar-refractivity contribution >= 4 is 31.8 Å². The molecular weight excluding hydrogens is 324 g/mol. The Balaban J connectivity index is 1.89. The molecule has 0 amide bonds. The molecule has 0 aliphatic rings. The van der Waals surface area contributed by atoms with Gasteiger partial charge in [-0.1, -0.05) is 5.21 Å². The Bertz CT molecular complexity index is 1100. The van der Waals surface area contributed by atoms with Gasteiger partial charge in [0.1, 0.15) is 20.8 Å². The van der Waals surface area contributed by atoms with E-state index in [1.54, 1.807) is 12.1 Å². The van der Waals surface area contributed by atoms with Gasteiger partial charge < -0.3 is 4.74 Å². The molecule has 120 valence electrons. The molecule has 0 radical (unpaired) electrons. The number of ether oxygens (including phenoxy) is 1. The van der Waals surface area contributed by atoms with Crippen molar-refractivity contribution in [1.82, 2.24) is 20.0 Å². The van der Waals surface area contributed by atoms with Crippen molar-refractivity contribution in [3.8, 4) is 11.4 Å². The van der Waals surface area contributed by atoms with E-state index in [4.69, 9.17) is 4.74 Å². The molecular formula is C17H14N4O2S. The van der Waals surface area contributed by atoms with Gasteiger partial charge in [-0.15, -0.1) is 16.4 Å². The number of hydrogen-bond acceptors (Lipinski definition) is 6. The third-order valence-electron chi connectivity index (χ3n) is 3.68. The van der Waals surface area contributed by atoms with Gasteiger partial charge in [0, 0.05) is 11.1 Å². The third kappa shape index (κ3) is 2.33. The summed E-state index contributed by atoms with van der Waals surface area (Å²) in [5, 5.41) is 9.20. The Morgan fingerprint density at radius 2 is 1.96 bits per heavy atom. The number of aryl methyl sites for hydroxylation is 1. The summed E-state index contributed by atoms with van der Waals surface area (Å²) in [5.74, 6) is 0.755. The maximum absolute atomic E-state index is 12.8. The van der Waals surface area contributed by atoms with E-state index < -0.39 is 0 Å². The Hall–Kier alpha value is -2.80. The summed E-state index contributed by atoms with van der Waals surface area (Å²) >= 11 is 1.35. The second-order valence-corrected chi connectivity index (χ2v) is 6.32. The van der Waals surface area contributed by atoms with Gasteiger partial charge in [-0.2, -0.15) is 4.68 Å². The van der Waals surface area contributed by atoms with Crippen molar-refractivity contribution in [3.05, 3.63) is 52.4 Å². The Kier molecular flexibility index (Phi) is 3.50. The summed E-state index contributed by atoms with van der Waals surface area (Å²) < 4.78 is 7.29. The SMILES string of the molecule is CCOc1ccc(-n2nnc3c(sc4nc(C)ccc43)c2=O)cc1. The van der Waals surface area contributed by atoms with Crippen LogP contribution in [0.5, 0.6) is 5.75 Å². The van der Waals surface area contributed by atoms with E-state index in [1.165, 1.54) is 16.0 Å². The predicted molar refractivity (Wildman–Crippen MR) is 94.2 cm³/mol. The van der Waals surface area contributed by atoms with E-state index in [0.29, 0.717) is 22.5 Å². The molecule has 0 saturated carbocycles.